The minimum absolute atomic E-state index is 0.0324. The molecule has 5 heteroatoms. The Morgan fingerprint density at radius 2 is 1.85 bits per heavy atom. The number of carbonyl (C=O) groups is 3. The van der Waals surface area contributed by atoms with E-state index in [0.717, 1.165) is 0 Å². The Bertz CT molecular complexity index is 414. The van der Waals surface area contributed by atoms with Crippen LogP contribution >= 0.6 is 0 Å². The number of carbonyl (C=O) groups excluding carboxylic acids is 3. The number of Topliss-reactive ketones (excluding diaryl/α,β-unsaturated/α-hetero) is 1. The van der Waals surface area contributed by atoms with E-state index in [1.165, 1.54) is 0 Å². The third-order valence-electron chi connectivity index (χ3n) is 3.60. The van der Waals surface area contributed by atoms with E-state index in [4.69, 9.17) is 15.9 Å². The summed E-state index contributed by atoms with van der Waals surface area (Å²) in [4.78, 5) is 36.2. The van der Waals surface area contributed by atoms with Gasteiger partial charge in [0.1, 0.15) is 5.78 Å². The largest absolute Gasteiger partial charge is 0.465 e. The SMILES string of the molecule is C#CCC(C(=O)OCC)(C(=O)OCC)C1CCC(=O)C1. The van der Waals surface area contributed by atoms with Crippen LogP contribution < -0.4 is 0 Å². The van der Waals surface area contributed by atoms with E-state index in [2.05, 4.69) is 5.92 Å². The van der Waals surface area contributed by atoms with Crippen LogP contribution in [0.1, 0.15) is 39.5 Å². The molecule has 110 valence electrons. The quantitative estimate of drug-likeness (QED) is 0.419. The molecule has 0 aliphatic heterocycles. The highest BCUT2D eigenvalue weighted by atomic mass is 16.6. The van der Waals surface area contributed by atoms with Gasteiger partial charge in [-0.05, 0) is 26.2 Å². The lowest BCUT2D eigenvalue weighted by Gasteiger charge is -2.32. The molecule has 1 unspecified atom stereocenters. The van der Waals surface area contributed by atoms with E-state index in [1.54, 1.807) is 13.8 Å². The van der Waals surface area contributed by atoms with Crippen molar-refractivity contribution in [2.24, 2.45) is 11.3 Å². The highest BCUT2D eigenvalue weighted by Crippen LogP contribution is 2.43. The first-order chi connectivity index (χ1) is 9.52. The number of terminal acetylenes is 1. The number of hydrogen-bond acceptors (Lipinski definition) is 5. The minimum atomic E-state index is -1.55. The van der Waals surface area contributed by atoms with Crippen LogP contribution in [0.4, 0.5) is 0 Å². The zero-order valence-electron chi connectivity index (χ0n) is 11.9. The zero-order valence-corrected chi connectivity index (χ0v) is 11.9. The highest BCUT2D eigenvalue weighted by Gasteiger charge is 2.56. The van der Waals surface area contributed by atoms with Crippen molar-refractivity contribution in [3.8, 4) is 12.3 Å². The van der Waals surface area contributed by atoms with Crippen molar-refractivity contribution in [2.75, 3.05) is 13.2 Å². The maximum atomic E-state index is 12.3. The molecule has 0 aromatic rings. The van der Waals surface area contributed by atoms with E-state index in [-0.39, 0.29) is 31.8 Å². The molecule has 0 aromatic heterocycles. The van der Waals surface area contributed by atoms with Crippen LogP contribution in [0.2, 0.25) is 0 Å². The monoisotopic (exact) mass is 280 g/mol. The summed E-state index contributed by atoms with van der Waals surface area (Å²) in [6.07, 6.45) is 6.21. The van der Waals surface area contributed by atoms with Gasteiger partial charge in [-0.1, -0.05) is 0 Å². The van der Waals surface area contributed by atoms with E-state index >= 15 is 0 Å². The number of esters is 2. The van der Waals surface area contributed by atoms with Gasteiger partial charge in [-0.2, -0.15) is 0 Å². The number of ketones is 1. The predicted octanol–water partition coefficient (Wildman–Crippen LogP) is 1.49. The molecular formula is C15H20O5. The van der Waals surface area contributed by atoms with Crippen molar-refractivity contribution in [3.05, 3.63) is 0 Å². The summed E-state index contributed by atoms with van der Waals surface area (Å²) in [7, 11) is 0. The molecule has 1 rings (SSSR count). The number of hydrogen-bond donors (Lipinski definition) is 0. The number of rotatable bonds is 6. The molecule has 5 nitrogen and oxygen atoms in total. The van der Waals surface area contributed by atoms with Crippen LogP contribution in [0.3, 0.4) is 0 Å². The molecule has 20 heavy (non-hydrogen) atoms. The van der Waals surface area contributed by atoms with Crippen LogP contribution in [0, 0.1) is 23.7 Å². The first kappa shape index (κ1) is 16.2. The molecule has 1 aliphatic carbocycles. The van der Waals surface area contributed by atoms with Gasteiger partial charge < -0.3 is 9.47 Å². The van der Waals surface area contributed by atoms with Crippen molar-refractivity contribution < 1.29 is 23.9 Å². The fourth-order valence-electron chi connectivity index (χ4n) is 2.62. The van der Waals surface area contributed by atoms with Gasteiger partial charge in [0.2, 0.25) is 0 Å². The van der Waals surface area contributed by atoms with Crippen LogP contribution in [-0.4, -0.2) is 30.9 Å². The maximum absolute atomic E-state index is 12.3. The Balaban J connectivity index is 3.18. The van der Waals surface area contributed by atoms with Gasteiger partial charge in [0.05, 0.1) is 13.2 Å². The Morgan fingerprint density at radius 1 is 1.30 bits per heavy atom. The average Bonchev–Trinajstić information content (AvgIpc) is 2.83. The summed E-state index contributed by atoms with van der Waals surface area (Å²) < 4.78 is 10.1. The molecule has 0 amide bonds. The van der Waals surface area contributed by atoms with Gasteiger partial charge >= 0.3 is 11.9 Å². The standard InChI is InChI=1S/C15H20O5/c1-4-9-15(13(17)19-5-2,14(18)20-6-3)11-7-8-12(16)10-11/h1,11H,5-10H2,2-3H3. The fourth-order valence-corrected chi connectivity index (χ4v) is 2.62. The summed E-state index contributed by atoms with van der Waals surface area (Å²) >= 11 is 0. The van der Waals surface area contributed by atoms with Crippen LogP contribution in [0.25, 0.3) is 0 Å². The summed E-state index contributed by atoms with van der Waals surface area (Å²) in [5, 5.41) is 0. The van der Waals surface area contributed by atoms with Crippen LogP contribution in [0.15, 0.2) is 0 Å². The maximum Gasteiger partial charge on any atom is 0.324 e. The third kappa shape index (κ3) is 3.01. The van der Waals surface area contributed by atoms with Crippen molar-refractivity contribution in [2.45, 2.75) is 39.5 Å². The van der Waals surface area contributed by atoms with Gasteiger partial charge in [0.15, 0.2) is 5.41 Å². The predicted molar refractivity (Wildman–Crippen MR) is 71.5 cm³/mol. The van der Waals surface area contributed by atoms with Crippen molar-refractivity contribution in [1.82, 2.24) is 0 Å². The summed E-state index contributed by atoms with van der Waals surface area (Å²) in [5.41, 5.74) is -1.55. The van der Waals surface area contributed by atoms with Gasteiger partial charge in [0.25, 0.3) is 0 Å². The van der Waals surface area contributed by atoms with Gasteiger partial charge in [-0.25, -0.2) is 0 Å². The summed E-state index contributed by atoms with van der Waals surface area (Å²) in [6.45, 7) is 3.60. The molecule has 1 fully saturated rings. The molecule has 0 radical (unpaired) electrons. The molecule has 0 spiro atoms. The second-order valence-electron chi connectivity index (χ2n) is 4.77. The molecule has 1 atom stereocenters. The topological polar surface area (TPSA) is 69.7 Å². The molecular weight excluding hydrogens is 260 g/mol. The summed E-state index contributed by atoms with van der Waals surface area (Å²) in [6, 6.07) is 0. The molecule has 0 aromatic carbocycles. The molecule has 0 bridgehead atoms. The first-order valence-corrected chi connectivity index (χ1v) is 6.82. The lowest BCUT2D eigenvalue weighted by molar-refractivity contribution is -0.176. The Hall–Kier alpha value is -1.83. The Morgan fingerprint density at radius 3 is 2.20 bits per heavy atom. The van der Waals surface area contributed by atoms with E-state index < -0.39 is 23.3 Å². The second kappa shape index (κ2) is 7.09. The highest BCUT2D eigenvalue weighted by molar-refractivity contribution is 6.02. The molecule has 0 heterocycles. The molecule has 1 aliphatic rings. The lowest BCUT2D eigenvalue weighted by Crippen LogP contribution is -2.47. The van der Waals surface area contributed by atoms with Crippen LogP contribution in [-0.2, 0) is 23.9 Å². The normalized spacial score (nSPS) is 18.4. The Kier molecular flexibility index (Phi) is 5.75. The first-order valence-electron chi connectivity index (χ1n) is 6.82. The smallest absolute Gasteiger partial charge is 0.324 e. The molecule has 0 saturated heterocycles. The van der Waals surface area contributed by atoms with Crippen molar-refractivity contribution >= 4 is 17.7 Å². The molecule has 0 N–H and O–H groups in total. The van der Waals surface area contributed by atoms with Gasteiger partial charge in [-0.15, -0.1) is 12.3 Å². The van der Waals surface area contributed by atoms with E-state index in [1.807, 2.05) is 0 Å². The van der Waals surface area contributed by atoms with Gasteiger partial charge in [0, 0.05) is 19.3 Å². The van der Waals surface area contributed by atoms with Gasteiger partial charge in [-0.3, -0.25) is 14.4 Å². The van der Waals surface area contributed by atoms with E-state index in [9.17, 15) is 14.4 Å². The fraction of sp³-hybridized carbons (Fsp3) is 0.667. The molecule has 1 saturated carbocycles. The Labute approximate surface area is 119 Å². The zero-order chi connectivity index (χ0) is 15.2. The van der Waals surface area contributed by atoms with Crippen molar-refractivity contribution in [1.29, 1.82) is 0 Å². The van der Waals surface area contributed by atoms with Crippen LogP contribution in [0.5, 0.6) is 0 Å². The lowest BCUT2D eigenvalue weighted by atomic mass is 9.71. The summed E-state index contributed by atoms with van der Waals surface area (Å²) in [5.74, 6) is 0.589. The number of ether oxygens (including phenoxy) is 2. The average molecular weight is 280 g/mol. The van der Waals surface area contributed by atoms with Crippen molar-refractivity contribution in [3.63, 3.8) is 0 Å². The van der Waals surface area contributed by atoms with E-state index in [0.29, 0.717) is 12.8 Å². The second-order valence-corrected chi connectivity index (χ2v) is 4.77. The minimum Gasteiger partial charge on any atom is -0.465 e. The third-order valence-corrected chi connectivity index (χ3v) is 3.60.